The fourth-order valence-corrected chi connectivity index (χ4v) is 1.42. The van der Waals surface area contributed by atoms with Crippen LogP contribution in [0.1, 0.15) is 24.2 Å². The molecule has 1 amide bonds. The van der Waals surface area contributed by atoms with Crippen molar-refractivity contribution in [2.75, 3.05) is 6.54 Å². The van der Waals surface area contributed by atoms with E-state index in [2.05, 4.69) is 10.1 Å². The Balaban J connectivity index is 2.62. The molecule has 1 aromatic rings. The minimum atomic E-state index is -2.87. The van der Waals surface area contributed by atoms with Crippen LogP contribution in [0.25, 0.3) is 0 Å². The molecule has 0 saturated heterocycles. The van der Waals surface area contributed by atoms with Crippen LogP contribution in [-0.4, -0.2) is 25.1 Å². The molecule has 0 aliphatic carbocycles. The molecule has 0 aliphatic rings. The van der Waals surface area contributed by atoms with E-state index in [0.29, 0.717) is 12.1 Å². The number of nitrogens with two attached hydrogens (primary N) is 1. The third kappa shape index (κ3) is 4.82. The normalized spacial score (nSPS) is 14.0. The van der Waals surface area contributed by atoms with Crippen molar-refractivity contribution >= 4 is 5.91 Å². The summed E-state index contributed by atoms with van der Waals surface area (Å²) in [5.41, 5.74) is 5.90. The van der Waals surface area contributed by atoms with Crippen molar-refractivity contribution in [3.05, 3.63) is 29.8 Å². The SMILES string of the molecule is CC(CN)C(C)NC(=O)c1ccc(OC(F)F)cc1. The second-order valence-electron chi connectivity index (χ2n) is 4.38. The van der Waals surface area contributed by atoms with Gasteiger partial charge >= 0.3 is 6.61 Å². The van der Waals surface area contributed by atoms with Crippen molar-refractivity contribution in [3.63, 3.8) is 0 Å². The first-order valence-corrected chi connectivity index (χ1v) is 5.99. The molecule has 1 aromatic carbocycles. The number of benzene rings is 1. The van der Waals surface area contributed by atoms with Gasteiger partial charge in [0.1, 0.15) is 5.75 Å². The number of hydrogen-bond acceptors (Lipinski definition) is 3. The lowest BCUT2D eigenvalue weighted by molar-refractivity contribution is -0.0498. The van der Waals surface area contributed by atoms with E-state index in [1.165, 1.54) is 24.3 Å². The Morgan fingerprint density at radius 3 is 2.37 bits per heavy atom. The Kier molecular flexibility index (Phi) is 5.69. The number of halogens is 2. The van der Waals surface area contributed by atoms with Crippen LogP contribution >= 0.6 is 0 Å². The Morgan fingerprint density at radius 2 is 1.89 bits per heavy atom. The molecule has 0 aliphatic heterocycles. The van der Waals surface area contributed by atoms with E-state index in [1.807, 2.05) is 13.8 Å². The van der Waals surface area contributed by atoms with Gasteiger partial charge in [-0.2, -0.15) is 8.78 Å². The van der Waals surface area contributed by atoms with Gasteiger partial charge < -0.3 is 15.8 Å². The number of amides is 1. The molecule has 2 atom stereocenters. The average Bonchev–Trinajstić information content (AvgIpc) is 2.37. The Bertz CT molecular complexity index is 410. The van der Waals surface area contributed by atoms with Gasteiger partial charge in [0.15, 0.2) is 0 Å². The molecule has 19 heavy (non-hydrogen) atoms. The largest absolute Gasteiger partial charge is 0.435 e. The van der Waals surface area contributed by atoms with Crippen LogP contribution in [0.2, 0.25) is 0 Å². The topological polar surface area (TPSA) is 64.3 Å². The molecule has 0 radical (unpaired) electrons. The fraction of sp³-hybridized carbons (Fsp3) is 0.462. The lowest BCUT2D eigenvalue weighted by atomic mass is 10.0. The fourth-order valence-electron chi connectivity index (χ4n) is 1.42. The maximum atomic E-state index is 12.0. The maximum absolute atomic E-state index is 12.0. The van der Waals surface area contributed by atoms with Crippen LogP contribution in [0.5, 0.6) is 5.75 Å². The van der Waals surface area contributed by atoms with E-state index in [1.54, 1.807) is 0 Å². The number of hydrogen-bond donors (Lipinski definition) is 2. The number of alkyl halides is 2. The highest BCUT2D eigenvalue weighted by Crippen LogP contribution is 2.15. The van der Waals surface area contributed by atoms with Crippen LogP contribution in [0.4, 0.5) is 8.78 Å². The Hall–Kier alpha value is -1.69. The summed E-state index contributed by atoms with van der Waals surface area (Å²) in [6.45, 7) is 1.40. The summed E-state index contributed by atoms with van der Waals surface area (Å²) < 4.78 is 28.1. The van der Waals surface area contributed by atoms with E-state index in [4.69, 9.17) is 5.73 Å². The maximum Gasteiger partial charge on any atom is 0.387 e. The van der Waals surface area contributed by atoms with Gasteiger partial charge in [-0.1, -0.05) is 6.92 Å². The zero-order chi connectivity index (χ0) is 14.4. The first-order valence-electron chi connectivity index (χ1n) is 5.99. The molecule has 0 fully saturated rings. The zero-order valence-corrected chi connectivity index (χ0v) is 10.9. The highest BCUT2D eigenvalue weighted by molar-refractivity contribution is 5.94. The average molecular weight is 272 g/mol. The van der Waals surface area contributed by atoms with Gasteiger partial charge in [0, 0.05) is 11.6 Å². The second-order valence-corrected chi connectivity index (χ2v) is 4.38. The predicted molar refractivity (Wildman–Crippen MR) is 68.2 cm³/mol. The van der Waals surface area contributed by atoms with Crippen molar-refractivity contribution in [1.29, 1.82) is 0 Å². The molecule has 0 spiro atoms. The smallest absolute Gasteiger partial charge is 0.387 e. The quantitative estimate of drug-likeness (QED) is 0.832. The molecule has 0 bridgehead atoms. The Labute approximate surface area is 110 Å². The molecule has 0 saturated carbocycles. The van der Waals surface area contributed by atoms with Gasteiger partial charge in [0.05, 0.1) is 0 Å². The molecule has 3 N–H and O–H groups in total. The zero-order valence-electron chi connectivity index (χ0n) is 10.9. The molecule has 0 aromatic heterocycles. The molecular weight excluding hydrogens is 254 g/mol. The summed E-state index contributed by atoms with van der Waals surface area (Å²) in [7, 11) is 0. The lowest BCUT2D eigenvalue weighted by Crippen LogP contribution is -2.39. The molecular formula is C13H18F2N2O2. The first-order chi connectivity index (χ1) is 8.93. The minimum Gasteiger partial charge on any atom is -0.435 e. The number of ether oxygens (including phenoxy) is 1. The number of carbonyl (C=O) groups excluding carboxylic acids is 1. The van der Waals surface area contributed by atoms with E-state index in [9.17, 15) is 13.6 Å². The molecule has 2 unspecified atom stereocenters. The van der Waals surface area contributed by atoms with Crippen molar-refractivity contribution in [2.45, 2.75) is 26.5 Å². The van der Waals surface area contributed by atoms with Gasteiger partial charge in [-0.05, 0) is 43.7 Å². The summed E-state index contributed by atoms with van der Waals surface area (Å²) in [4.78, 5) is 11.9. The summed E-state index contributed by atoms with van der Waals surface area (Å²) in [6.07, 6.45) is 0. The van der Waals surface area contributed by atoms with Gasteiger partial charge in [-0.15, -0.1) is 0 Å². The molecule has 6 heteroatoms. The molecule has 0 heterocycles. The second kappa shape index (κ2) is 7.04. The monoisotopic (exact) mass is 272 g/mol. The summed E-state index contributed by atoms with van der Waals surface area (Å²) in [6, 6.07) is 5.48. The van der Waals surface area contributed by atoms with Crippen LogP contribution in [0, 0.1) is 5.92 Å². The Morgan fingerprint density at radius 1 is 1.32 bits per heavy atom. The number of carbonyl (C=O) groups is 1. The summed E-state index contributed by atoms with van der Waals surface area (Å²) in [5, 5.41) is 2.80. The third-order valence-corrected chi connectivity index (χ3v) is 2.93. The van der Waals surface area contributed by atoms with Crippen LogP contribution in [-0.2, 0) is 0 Å². The minimum absolute atomic E-state index is 0.0231. The van der Waals surface area contributed by atoms with E-state index >= 15 is 0 Å². The number of rotatable bonds is 6. The van der Waals surface area contributed by atoms with Crippen LogP contribution in [0.3, 0.4) is 0 Å². The lowest BCUT2D eigenvalue weighted by Gasteiger charge is -2.19. The van der Waals surface area contributed by atoms with Crippen molar-refractivity contribution in [1.82, 2.24) is 5.32 Å². The number of nitrogens with one attached hydrogen (secondary N) is 1. The first kappa shape index (κ1) is 15.4. The van der Waals surface area contributed by atoms with Crippen molar-refractivity contribution in [2.24, 2.45) is 11.7 Å². The van der Waals surface area contributed by atoms with E-state index in [-0.39, 0.29) is 23.6 Å². The molecule has 4 nitrogen and oxygen atoms in total. The molecule has 106 valence electrons. The van der Waals surface area contributed by atoms with Gasteiger partial charge in [0.2, 0.25) is 0 Å². The van der Waals surface area contributed by atoms with Gasteiger partial charge in [0.25, 0.3) is 5.91 Å². The van der Waals surface area contributed by atoms with E-state index < -0.39 is 6.61 Å². The van der Waals surface area contributed by atoms with Crippen molar-refractivity contribution < 1.29 is 18.3 Å². The predicted octanol–water partition coefficient (Wildman–Crippen LogP) is 2.00. The summed E-state index contributed by atoms with van der Waals surface area (Å²) in [5.74, 6) is -0.0864. The van der Waals surface area contributed by atoms with Gasteiger partial charge in [-0.3, -0.25) is 4.79 Å². The standard InChI is InChI=1S/C13H18F2N2O2/c1-8(7-16)9(2)17-12(18)10-3-5-11(6-4-10)19-13(14)15/h3-6,8-9,13H,7,16H2,1-2H3,(H,17,18). The van der Waals surface area contributed by atoms with Gasteiger partial charge in [-0.25, -0.2) is 0 Å². The molecule has 1 rings (SSSR count). The highest BCUT2D eigenvalue weighted by Gasteiger charge is 2.14. The van der Waals surface area contributed by atoms with Crippen LogP contribution < -0.4 is 15.8 Å². The van der Waals surface area contributed by atoms with Crippen molar-refractivity contribution in [3.8, 4) is 5.75 Å². The van der Waals surface area contributed by atoms with Crippen LogP contribution in [0.15, 0.2) is 24.3 Å². The summed E-state index contributed by atoms with van der Waals surface area (Å²) >= 11 is 0. The highest BCUT2D eigenvalue weighted by atomic mass is 19.3. The van der Waals surface area contributed by atoms with E-state index in [0.717, 1.165) is 0 Å². The third-order valence-electron chi connectivity index (χ3n) is 2.93.